The Kier molecular flexibility index (Phi) is 3.43. The second-order valence-electron chi connectivity index (χ2n) is 4.74. The molecule has 1 saturated heterocycles. The van der Waals surface area contributed by atoms with Crippen LogP contribution in [0, 0.1) is 0 Å². The van der Waals surface area contributed by atoms with E-state index < -0.39 is 0 Å². The maximum Gasteiger partial charge on any atom is 0.258 e. The quantitative estimate of drug-likeness (QED) is 0.648. The highest BCUT2D eigenvalue weighted by Crippen LogP contribution is 2.30. The minimum atomic E-state index is -0.347. The third-order valence-electron chi connectivity index (χ3n) is 3.31. The van der Waals surface area contributed by atoms with E-state index in [1.807, 2.05) is 13.8 Å². The molecule has 2 atom stereocenters. The Morgan fingerprint density at radius 2 is 1.89 bits per heavy atom. The van der Waals surface area contributed by atoms with E-state index in [1.54, 1.807) is 11.0 Å². The molecule has 5 nitrogen and oxygen atoms in total. The first-order chi connectivity index (χ1) is 8.52. The highest BCUT2D eigenvalue weighted by atomic mass is 16.3. The van der Waals surface area contributed by atoms with Gasteiger partial charge >= 0.3 is 0 Å². The largest absolute Gasteiger partial charge is 0.504 e. The fourth-order valence-corrected chi connectivity index (χ4v) is 2.38. The number of piperazine rings is 1. The second-order valence-corrected chi connectivity index (χ2v) is 4.74. The number of benzene rings is 1. The maximum absolute atomic E-state index is 12.4. The Labute approximate surface area is 106 Å². The summed E-state index contributed by atoms with van der Waals surface area (Å²) >= 11 is 0. The number of nitrogens with zero attached hydrogens (tertiary/aromatic N) is 1. The highest BCUT2D eigenvalue weighted by Gasteiger charge is 2.31. The van der Waals surface area contributed by atoms with Crippen molar-refractivity contribution < 1.29 is 15.0 Å². The molecule has 1 amide bonds. The molecule has 0 bridgehead atoms. The van der Waals surface area contributed by atoms with Crippen LogP contribution in [0.1, 0.15) is 24.2 Å². The van der Waals surface area contributed by atoms with Gasteiger partial charge in [-0.3, -0.25) is 4.79 Å². The Morgan fingerprint density at radius 1 is 1.28 bits per heavy atom. The molecule has 1 aromatic rings. The van der Waals surface area contributed by atoms with E-state index in [0.29, 0.717) is 0 Å². The van der Waals surface area contributed by atoms with E-state index in [1.165, 1.54) is 12.1 Å². The van der Waals surface area contributed by atoms with E-state index >= 15 is 0 Å². The molecule has 0 saturated carbocycles. The number of nitrogens with one attached hydrogen (secondary N) is 1. The van der Waals surface area contributed by atoms with Gasteiger partial charge in [-0.25, -0.2) is 0 Å². The molecule has 18 heavy (non-hydrogen) atoms. The van der Waals surface area contributed by atoms with Gasteiger partial charge in [0.05, 0.1) is 5.56 Å². The molecule has 0 spiro atoms. The summed E-state index contributed by atoms with van der Waals surface area (Å²) in [6, 6.07) is 4.56. The molecule has 0 radical (unpaired) electrons. The van der Waals surface area contributed by atoms with Gasteiger partial charge < -0.3 is 20.4 Å². The van der Waals surface area contributed by atoms with Crippen molar-refractivity contribution in [1.82, 2.24) is 10.2 Å². The van der Waals surface area contributed by atoms with Crippen LogP contribution in [0.25, 0.3) is 0 Å². The molecule has 98 valence electrons. The van der Waals surface area contributed by atoms with E-state index in [-0.39, 0.29) is 35.1 Å². The Balaban J connectivity index is 2.32. The smallest absolute Gasteiger partial charge is 0.258 e. The lowest BCUT2D eigenvalue weighted by Gasteiger charge is -2.39. The number of rotatable bonds is 1. The summed E-state index contributed by atoms with van der Waals surface area (Å²) in [5.74, 6) is -0.860. The predicted octanol–water partition coefficient (Wildman–Crippen LogP) is 0.920. The van der Waals surface area contributed by atoms with Crippen LogP contribution in [-0.2, 0) is 0 Å². The van der Waals surface area contributed by atoms with Gasteiger partial charge in [0.2, 0.25) is 0 Å². The summed E-state index contributed by atoms with van der Waals surface area (Å²) in [5.41, 5.74) is 0.149. The van der Waals surface area contributed by atoms with E-state index in [2.05, 4.69) is 5.32 Å². The number of carbonyl (C=O) groups is 1. The van der Waals surface area contributed by atoms with E-state index in [4.69, 9.17) is 0 Å². The van der Waals surface area contributed by atoms with Crippen molar-refractivity contribution in [2.45, 2.75) is 25.9 Å². The van der Waals surface area contributed by atoms with Crippen LogP contribution in [0.15, 0.2) is 18.2 Å². The first kappa shape index (κ1) is 12.7. The van der Waals surface area contributed by atoms with Crippen molar-refractivity contribution in [3.63, 3.8) is 0 Å². The molecule has 1 aliphatic heterocycles. The predicted molar refractivity (Wildman–Crippen MR) is 67.7 cm³/mol. The zero-order chi connectivity index (χ0) is 13.3. The van der Waals surface area contributed by atoms with Crippen molar-refractivity contribution in [3.05, 3.63) is 23.8 Å². The van der Waals surface area contributed by atoms with Crippen molar-refractivity contribution in [1.29, 1.82) is 0 Å². The van der Waals surface area contributed by atoms with Crippen molar-refractivity contribution >= 4 is 5.91 Å². The summed E-state index contributed by atoms with van der Waals surface area (Å²) in [6.45, 7) is 5.38. The minimum absolute atomic E-state index is 0.0583. The molecule has 2 unspecified atom stereocenters. The highest BCUT2D eigenvalue weighted by molar-refractivity contribution is 5.98. The van der Waals surface area contributed by atoms with Crippen LogP contribution in [-0.4, -0.2) is 46.2 Å². The number of aromatic hydroxyl groups is 2. The average molecular weight is 250 g/mol. The third kappa shape index (κ3) is 2.13. The number of phenols is 2. The number of para-hydroxylation sites is 1. The number of amides is 1. The van der Waals surface area contributed by atoms with Gasteiger partial charge in [-0.05, 0) is 26.0 Å². The molecular weight excluding hydrogens is 232 g/mol. The van der Waals surface area contributed by atoms with Crippen molar-refractivity contribution in [2.75, 3.05) is 13.1 Å². The van der Waals surface area contributed by atoms with Gasteiger partial charge in [-0.2, -0.15) is 0 Å². The SMILES string of the molecule is CC1CNCC(C)N1C(=O)c1cccc(O)c1O. The topological polar surface area (TPSA) is 72.8 Å². The molecular formula is C13H18N2O3. The number of hydrogen-bond acceptors (Lipinski definition) is 4. The summed E-state index contributed by atoms with van der Waals surface area (Å²) < 4.78 is 0. The molecule has 1 aromatic carbocycles. The fourth-order valence-electron chi connectivity index (χ4n) is 2.38. The summed E-state index contributed by atoms with van der Waals surface area (Å²) in [4.78, 5) is 14.2. The zero-order valence-electron chi connectivity index (χ0n) is 10.6. The Hall–Kier alpha value is -1.75. The van der Waals surface area contributed by atoms with Gasteiger partial charge in [0.15, 0.2) is 11.5 Å². The molecule has 1 aliphatic rings. The van der Waals surface area contributed by atoms with E-state index in [9.17, 15) is 15.0 Å². The number of hydrogen-bond donors (Lipinski definition) is 3. The van der Waals surface area contributed by atoms with Gasteiger partial charge in [-0.1, -0.05) is 6.07 Å². The fraction of sp³-hybridized carbons (Fsp3) is 0.462. The van der Waals surface area contributed by atoms with Crippen LogP contribution < -0.4 is 5.32 Å². The summed E-state index contributed by atoms with van der Waals surface area (Å²) in [5, 5.41) is 22.4. The maximum atomic E-state index is 12.4. The monoisotopic (exact) mass is 250 g/mol. The molecule has 3 N–H and O–H groups in total. The van der Waals surface area contributed by atoms with Gasteiger partial charge in [0.25, 0.3) is 5.91 Å². The number of phenolic OH excluding ortho intramolecular Hbond substituents is 2. The lowest BCUT2D eigenvalue weighted by atomic mass is 10.1. The van der Waals surface area contributed by atoms with Gasteiger partial charge in [0, 0.05) is 25.2 Å². The first-order valence-corrected chi connectivity index (χ1v) is 6.06. The molecule has 0 aromatic heterocycles. The third-order valence-corrected chi connectivity index (χ3v) is 3.31. The van der Waals surface area contributed by atoms with Crippen LogP contribution in [0.4, 0.5) is 0 Å². The lowest BCUT2D eigenvalue weighted by Crippen LogP contribution is -2.57. The van der Waals surface area contributed by atoms with Gasteiger partial charge in [0.1, 0.15) is 0 Å². The van der Waals surface area contributed by atoms with Crippen LogP contribution in [0.3, 0.4) is 0 Å². The Morgan fingerprint density at radius 3 is 2.50 bits per heavy atom. The minimum Gasteiger partial charge on any atom is -0.504 e. The second kappa shape index (κ2) is 4.86. The van der Waals surface area contributed by atoms with Crippen LogP contribution >= 0.6 is 0 Å². The molecule has 1 fully saturated rings. The average Bonchev–Trinajstić information content (AvgIpc) is 2.32. The standard InChI is InChI=1S/C13H18N2O3/c1-8-6-14-7-9(2)15(8)13(18)10-4-3-5-11(16)12(10)17/h3-5,8-9,14,16-17H,6-7H2,1-2H3. The molecule has 2 rings (SSSR count). The number of carbonyl (C=O) groups excluding carboxylic acids is 1. The zero-order valence-corrected chi connectivity index (χ0v) is 10.6. The summed E-state index contributed by atoms with van der Waals surface area (Å²) in [6.07, 6.45) is 0. The van der Waals surface area contributed by atoms with Gasteiger partial charge in [-0.15, -0.1) is 0 Å². The first-order valence-electron chi connectivity index (χ1n) is 6.06. The molecule has 5 heteroatoms. The lowest BCUT2D eigenvalue weighted by molar-refractivity contribution is 0.0541. The normalized spacial score (nSPS) is 24.0. The summed E-state index contributed by atoms with van der Waals surface area (Å²) in [7, 11) is 0. The van der Waals surface area contributed by atoms with Crippen molar-refractivity contribution in [2.24, 2.45) is 0 Å². The van der Waals surface area contributed by atoms with Crippen LogP contribution in [0.2, 0.25) is 0 Å². The molecule has 1 heterocycles. The van der Waals surface area contributed by atoms with Crippen LogP contribution in [0.5, 0.6) is 11.5 Å². The molecule has 0 aliphatic carbocycles. The van der Waals surface area contributed by atoms with E-state index in [0.717, 1.165) is 13.1 Å². The Bertz CT molecular complexity index is 452. The van der Waals surface area contributed by atoms with Crippen molar-refractivity contribution in [3.8, 4) is 11.5 Å².